The zero-order valence-electron chi connectivity index (χ0n) is 11.0. The van der Waals surface area contributed by atoms with Crippen LogP contribution in [0.1, 0.15) is 38.5 Å². The van der Waals surface area contributed by atoms with E-state index in [0.717, 1.165) is 13.0 Å². The molecular weight excluding hydrogens is 234 g/mol. The van der Waals surface area contributed by atoms with E-state index in [4.69, 9.17) is 4.74 Å². The molecule has 1 atom stereocenters. The molecule has 3 nitrogen and oxygen atoms in total. The van der Waals surface area contributed by atoms with Crippen LogP contribution in [0.15, 0.2) is 0 Å². The summed E-state index contributed by atoms with van der Waals surface area (Å²) in [5, 5.41) is 13.0. The summed E-state index contributed by atoms with van der Waals surface area (Å²) in [5.41, 5.74) is 0. The molecule has 17 heavy (non-hydrogen) atoms. The van der Waals surface area contributed by atoms with Gasteiger partial charge in [0.15, 0.2) is 0 Å². The lowest BCUT2D eigenvalue weighted by Crippen LogP contribution is -2.33. The van der Waals surface area contributed by atoms with E-state index < -0.39 is 0 Å². The third kappa shape index (κ3) is 8.03. The molecule has 0 saturated heterocycles. The Bertz CT molecular complexity index is 175. The molecule has 1 saturated carbocycles. The van der Waals surface area contributed by atoms with Crippen LogP contribution >= 0.6 is 11.8 Å². The molecule has 1 aliphatic rings. The highest BCUT2D eigenvalue weighted by Gasteiger charge is 2.15. The molecule has 2 N–H and O–H groups in total. The van der Waals surface area contributed by atoms with Crippen molar-refractivity contribution in [3.63, 3.8) is 0 Å². The van der Waals surface area contributed by atoms with Crippen LogP contribution in [0.4, 0.5) is 0 Å². The van der Waals surface area contributed by atoms with Crippen LogP contribution < -0.4 is 5.32 Å². The molecular formula is C13H27NO2S. The smallest absolute Gasteiger partial charge is 0.0897 e. The van der Waals surface area contributed by atoms with Crippen LogP contribution in [0.25, 0.3) is 0 Å². The first-order chi connectivity index (χ1) is 8.33. The Labute approximate surface area is 110 Å². The highest BCUT2D eigenvalue weighted by Crippen LogP contribution is 2.20. The van der Waals surface area contributed by atoms with Crippen molar-refractivity contribution in [3.8, 4) is 0 Å². The molecule has 0 heterocycles. The highest BCUT2D eigenvalue weighted by molar-refractivity contribution is 7.98. The van der Waals surface area contributed by atoms with Crippen molar-refractivity contribution < 1.29 is 9.84 Å². The molecule has 102 valence electrons. The summed E-state index contributed by atoms with van der Waals surface area (Å²) in [4.78, 5) is 0. The van der Waals surface area contributed by atoms with Gasteiger partial charge in [0.1, 0.15) is 0 Å². The number of hydrogen-bond acceptors (Lipinski definition) is 4. The Morgan fingerprint density at radius 1 is 1.35 bits per heavy atom. The maximum Gasteiger partial charge on any atom is 0.0897 e. The predicted molar refractivity (Wildman–Crippen MR) is 74.7 cm³/mol. The fourth-order valence-corrected chi connectivity index (χ4v) is 2.58. The molecule has 1 unspecified atom stereocenters. The minimum absolute atomic E-state index is 0.355. The second-order valence-electron chi connectivity index (χ2n) is 4.80. The van der Waals surface area contributed by atoms with Gasteiger partial charge in [0.2, 0.25) is 0 Å². The summed E-state index contributed by atoms with van der Waals surface area (Å²) >= 11 is 1.86. The molecule has 0 aromatic rings. The normalized spacial score (nSPS) is 19.4. The van der Waals surface area contributed by atoms with E-state index in [1.807, 2.05) is 11.8 Å². The van der Waals surface area contributed by atoms with Crippen molar-refractivity contribution in [2.45, 2.75) is 50.7 Å². The molecule has 1 fully saturated rings. The van der Waals surface area contributed by atoms with Gasteiger partial charge in [0.25, 0.3) is 0 Å². The minimum Gasteiger partial charge on any atom is -0.389 e. The molecule has 0 aromatic carbocycles. The lowest BCUT2D eigenvalue weighted by atomic mass is 9.98. The van der Waals surface area contributed by atoms with Crippen LogP contribution in [0.2, 0.25) is 0 Å². The molecule has 0 bridgehead atoms. The summed E-state index contributed by atoms with van der Waals surface area (Å²) < 4.78 is 5.73. The van der Waals surface area contributed by atoms with Crippen LogP contribution in [0.3, 0.4) is 0 Å². The van der Waals surface area contributed by atoms with E-state index >= 15 is 0 Å². The van der Waals surface area contributed by atoms with Crippen LogP contribution in [0.5, 0.6) is 0 Å². The molecule has 4 heteroatoms. The number of hydrogen-bond donors (Lipinski definition) is 2. The topological polar surface area (TPSA) is 41.5 Å². The van der Waals surface area contributed by atoms with Gasteiger partial charge in [-0.1, -0.05) is 19.3 Å². The van der Waals surface area contributed by atoms with Crippen molar-refractivity contribution in [1.29, 1.82) is 0 Å². The summed E-state index contributed by atoms with van der Waals surface area (Å²) in [7, 11) is 0. The van der Waals surface area contributed by atoms with Crippen molar-refractivity contribution in [3.05, 3.63) is 0 Å². The van der Waals surface area contributed by atoms with Crippen LogP contribution in [-0.2, 0) is 4.74 Å². The van der Waals surface area contributed by atoms with E-state index in [1.54, 1.807) is 0 Å². The van der Waals surface area contributed by atoms with Crippen LogP contribution in [0, 0.1) is 0 Å². The average Bonchev–Trinajstić information content (AvgIpc) is 2.37. The van der Waals surface area contributed by atoms with Gasteiger partial charge in [0.05, 0.1) is 18.8 Å². The third-order valence-corrected chi connectivity index (χ3v) is 3.86. The Morgan fingerprint density at radius 2 is 2.12 bits per heavy atom. The first kappa shape index (κ1) is 15.3. The van der Waals surface area contributed by atoms with E-state index in [1.165, 1.54) is 37.9 Å². The van der Waals surface area contributed by atoms with Gasteiger partial charge < -0.3 is 15.2 Å². The fourth-order valence-electron chi connectivity index (χ4n) is 2.15. The lowest BCUT2D eigenvalue weighted by molar-refractivity contribution is -0.0228. The predicted octanol–water partition coefficient (Wildman–Crippen LogP) is 2.04. The number of rotatable bonds is 9. The van der Waals surface area contributed by atoms with Gasteiger partial charge in [0, 0.05) is 6.54 Å². The number of thioether (sulfide) groups is 1. The van der Waals surface area contributed by atoms with E-state index in [-0.39, 0.29) is 6.10 Å². The second-order valence-corrected chi connectivity index (χ2v) is 5.78. The SMILES string of the molecule is CSCCCNCC(O)COC1CCCCC1. The highest BCUT2D eigenvalue weighted by atomic mass is 32.2. The summed E-state index contributed by atoms with van der Waals surface area (Å²) in [5.74, 6) is 1.18. The van der Waals surface area contributed by atoms with Crippen LogP contribution in [-0.4, -0.2) is 49.0 Å². The van der Waals surface area contributed by atoms with E-state index in [2.05, 4.69) is 11.6 Å². The zero-order valence-corrected chi connectivity index (χ0v) is 11.8. The molecule has 0 amide bonds. The van der Waals surface area contributed by atoms with Gasteiger partial charge in [-0.15, -0.1) is 0 Å². The first-order valence-electron chi connectivity index (χ1n) is 6.82. The Hall–Kier alpha value is 0.230. The third-order valence-electron chi connectivity index (χ3n) is 3.16. The molecule has 0 spiro atoms. The maximum absolute atomic E-state index is 9.74. The van der Waals surface area contributed by atoms with Crippen molar-refractivity contribution in [2.75, 3.05) is 31.7 Å². The Kier molecular flexibility index (Phi) is 9.16. The number of aliphatic hydroxyl groups excluding tert-OH is 1. The van der Waals surface area contributed by atoms with E-state index in [0.29, 0.717) is 19.3 Å². The summed E-state index contributed by atoms with van der Waals surface area (Å²) in [6.07, 6.45) is 9.59. The monoisotopic (exact) mass is 261 g/mol. The zero-order chi connectivity index (χ0) is 12.3. The number of ether oxygens (including phenoxy) is 1. The van der Waals surface area contributed by atoms with E-state index in [9.17, 15) is 5.11 Å². The maximum atomic E-state index is 9.74. The standard InChI is InChI=1S/C13H27NO2S/c1-17-9-5-8-14-10-12(15)11-16-13-6-3-2-4-7-13/h12-15H,2-11H2,1H3. The van der Waals surface area contributed by atoms with Crippen molar-refractivity contribution >= 4 is 11.8 Å². The average molecular weight is 261 g/mol. The minimum atomic E-state index is -0.355. The lowest BCUT2D eigenvalue weighted by Gasteiger charge is -2.23. The van der Waals surface area contributed by atoms with Gasteiger partial charge in [-0.3, -0.25) is 0 Å². The molecule has 1 aliphatic carbocycles. The van der Waals surface area contributed by atoms with Gasteiger partial charge in [-0.2, -0.15) is 11.8 Å². The number of nitrogens with one attached hydrogen (secondary N) is 1. The Morgan fingerprint density at radius 3 is 2.82 bits per heavy atom. The molecule has 0 radical (unpaired) electrons. The Balaban J connectivity index is 1.91. The fraction of sp³-hybridized carbons (Fsp3) is 1.00. The van der Waals surface area contributed by atoms with Crippen molar-refractivity contribution in [2.24, 2.45) is 0 Å². The van der Waals surface area contributed by atoms with Crippen molar-refractivity contribution in [1.82, 2.24) is 5.32 Å². The van der Waals surface area contributed by atoms with Gasteiger partial charge in [-0.05, 0) is 37.8 Å². The number of aliphatic hydroxyl groups is 1. The largest absolute Gasteiger partial charge is 0.389 e. The molecule has 0 aromatic heterocycles. The van der Waals surface area contributed by atoms with Gasteiger partial charge in [-0.25, -0.2) is 0 Å². The quantitative estimate of drug-likeness (QED) is 0.623. The molecule has 1 rings (SSSR count). The first-order valence-corrected chi connectivity index (χ1v) is 8.21. The summed E-state index contributed by atoms with van der Waals surface area (Å²) in [6.45, 7) is 2.13. The second kappa shape index (κ2) is 10.2. The summed E-state index contributed by atoms with van der Waals surface area (Å²) in [6, 6.07) is 0. The molecule has 0 aliphatic heterocycles. The van der Waals surface area contributed by atoms with Gasteiger partial charge >= 0.3 is 0 Å².